The molecule has 0 bridgehead atoms. The third-order valence-corrected chi connectivity index (χ3v) is 5.12. The van der Waals surface area contributed by atoms with E-state index in [1.165, 1.54) is 11.3 Å². The fourth-order valence-corrected chi connectivity index (χ4v) is 3.59. The van der Waals surface area contributed by atoms with E-state index in [4.69, 9.17) is 0 Å². The molecule has 0 unspecified atom stereocenters. The number of nitrogens with one attached hydrogen (secondary N) is 1. The molecule has 1 aromatic heterocycles. The van der Waals surface area contributed by atoms with Crippen LogP contribution in [0.2, 0.25) is 0 Å². The highest BCUT2D eigenvalue weighted by molar-refractivity contribution is 9.10. The van der Waals surface area contributed by atoms with Crippen LogP contribution in [0.25, 0.3) is 11.1 Å². The van der Waals surface area contributed by atoms with E-state index < -0.39 is 5.97 Å². The molecule has 4 nitrogen and oxygen atoms in total. The van der Waals surface area contributed by atoms with E-state index in [-0.39, 0.29) is 16.5 Å². The molecule has 3 rings (SSSR count). The molecule has 25 heavy (non-hydrogen) atoms. The summed E-state index contributed by atoms with van der Waals surface area (Å²) in [5.74, 6) is -1.68. The van der Waals surface area contributed by atoms with E-state index >= 15 is 0 Å². The van der Waals surface area contributed by atoms with Crippen molar-refractivity contribution < 1.29 is 14.7 Å². The molecule has 0 aliphatic heterocycles. The summed E-state index contributed by atoms with van der Waals surface area (Å²) in [7, 11) is 0. The third kappa shape index (κ3) is 3.81. The second kappa shape index (κ2) is 7.21. The summed E-state index contributed by atoms with van der Waals surface area (Å²) >= 11 is 4.48. The van der Waals surface area contributed by atoms with Gasteiger partial charge in [-0.1, -0.05) is 45.8 Å². The number of aromatic carboxylic acids is 1. The number of carboxylic acid groups (broad SMARTS) is 1. The van der Waals surface area contributed by atoms with Gasteiger partial charge >= 0.3 is 0 Å². The van der Waals surface area contributed by atoms with E-state index in [0.717, 1.165) is 15.6 Å². The Morgan fingerprint density at radius 2 is 1.68 bits per heavy atom. The Bertz CT molecular complexity index is 930. The van der Waals surface area contributed by atoms with Crippen LogP contribution in [0.1, 0.15) is 26.3 Å². The van der Waals surface area contributed by atoms with Gasteiger partial charge in [-0.3, -0.25) is 4.79 Å². The van der Waals surface area contributed by atoms with Crippen LogP contribution in [0.5, 0.6) is 0 Å². The van der Waals surface area contributed by atoms with Crippen LogP contribution in [0.15, 0.2) is 58.4 Å². The van der Waals surface area contributed by atoms with Crippen molar-refractivity contribution in [2.24, 2.45) is 0 Å². The number of carbonyl (C=O) groups excluding carboxylic acids is 2. The molecular formula is C19H13BrNO3S-. The van der Waals surface area contributed by atoms with Gasteiger partial charge in [-0.15, -0.1) is 11.3 Å². The van der Waals surface area contributed by atoms with Gasteiger partial charge in [0.15, 0.2) is 0 Å². The Kier molecular flexibility index (Phi) is 5.01. The second-order valence-corrected chi connectivity index (χ2v) is 7.26. The predicted octanol–water partition coefficient (Wildman–Crippen LogP) is 4.10. The molecule has 1 amide bonds. The fraction of sp³-hybridized carbons (Fsp3) is 0.0526. The maximum atomic E-state index is 12.4. The number of carbonyl (C=O) groups is 2. The Morgan fingerprint density at radius 1 is 1.04 bits per heavy atom. The highest BCUT2D eigenvalue weighted by atomic mass is 79.9. The van der Waals surface area contributed by atoms with E-state index in [0.29, 0.717) is 11.1 Å². The standard InChI is InChI=1S/C19H14BrNO3S/c1-11-2-4-12(5-3-11)15-10-25-18(16(15)19(23)24)21-17(22)13-6-8-14(20)9-7-13/h2-10H,1H3,(H,21,22)(H,23,24)/p-1. The first-order valence-electron chi connectivity index (χ1n) is 7.42. The van der Waals surface area contributed by atoms with Crippen molar-refractivity contribution in [1.29, 1.82) is 0 Å². The molecule has 126 valence electrons. The number of hydrogen-bond acceptors (Lipinski definition) is 4. The number of halogens is 1. The monoisotopic (exact) mass is 414 g/mol. The van der Waals surface area contributed by atoms with Gasteiger partial charge in [0.1, 0.15) is 5.00 Å². The number of hydrogen-bond donors (Lipinski definition) is 1. The fourth-order valence-electron chi connectivity index (χ4n) is 2.37. The van der Waals surface area contributed by atoms with Crippen molar-refractivity contribution in [3.63, 3.8) is 0 Å². The van der Waals surface area contributed by atoms with Crippen LogP contribution in [-0.2, 0) is 0 Å². The minimum atomic E-state index is -1.32. The molecule has 1 N–H and O–H groups in total. The Hall–Kier alpha value is -2.44. The number of amides is 1. The van der Waals surface area contributed by atoms with Gasteiger partial charge in [0.25, 0.3) is 5.91 Å². The summed E-state index contributed by atoms with van der Waals surface area (Å²) < 4.78 is 0.859. The molecule has 0 radical (unpaired) electrons. The first kappa shape index (κ1) is 17.4. The average molecular weight is 415 g/mol. The van der Waals surface area contributed by atoms with Crippen LogP contribution in [0, 0.1) is 6.92 Å². The largest absolute Gasteiger partial charge is 0.545 e. The number of benzene rings is 2. The topological polar surface area (TPSA) is 69.2 Å². The number of rotatable bonds is 4. The summed E-state index contributed by atoms with van der Waals surface area (Å²) in [5.41, 5.74) is 2.83. The molecule has 0 aliphatic rings. The normalized spacial score (nSPS) is 10.5. The molecule has 0 atom stereocenters. The number of aryl methyl sites for hydroxylation is 1. The van der Waals surface area contributed by atoms with Crippen LogP contribution < -0.4 is 10.4 Å². The molecule has 0 aliphatic carbocycles. The summed E-state index contributed by atoms with van der Waals surface area (Å²) in [4.78, 5) is 24.0. The molecule has 1 heterocycles. The smallest absolute Gasteiger partial charge is 0.256 e. The molecular weight excluding hydrogens is 402 g/mol. The van der Waals surface area contributed by atoms with E-state index in [2.05, 4.69) is 21.2 Å². The lowest BCUT2D eigenvalue weighted by molar-refractivity contribution is -0.254. The van der Waals surface area contributed by atoms with Crippen molar-refractivity contribution in [3.8, 4) is 11.1 Å². The van der Waals surface area contributed by atoms with Gasteiger partial charge in [-0.2, -0.15) is 0 Å². The van der Waals surface area contributed by atoms with E-state index in [9.17, 15) is 14.7 Å². The van der Waals surface area contributed by atoms with Crippen molar-refractivity contribution >= 4 is 44.1 Å². The van der Waals surface area contributed by atoms with Crippen molar-refractivity contribution in [2.75, 3.05) is 5.32 Å². The maximum Gasteiger partial charge on any atom is 0.256 e. The third-order valence-electron chi connectivity index (χ3n) is 3.69. The predicted molar refractivity (Wildman–Crippen MR) is 101 cm³/mol. The van der Waals surface area contributed by atoms with Gasteiger partial charge in [-0.05, 0) is 36.8 Å². The van der Waals surface area contributed by atoms with Gasteiger partial charge < -0.3 is 15.2 Å². The van der Waals surface area contributed by atoms with Crippen molar-refractivity contribution in [3.05, 3.63) is 75.1 Å². The molecule has 3 aromatic rings. The van der Waals surface area contributed by atoms with Gasteiger partial charge in [-0.25, -0.2) is 0 Å². The van der Waals surface area contributed by atoms with Gasteiger partial charge in [0.05, 0.1) is 5.97 Å². The van der Waals surface area contributed by atoms with Gasteiger partial charge in [0, 0.05) is 26.5 Å². The van der Waals surface area contributed by atoms with Crippen LogP contribution in [0.4, 0.5) is 5.00 Å². The minimum Gasteiger partial charge on any atom is -0.545 e. The van der Waals surface area contributed by atoms with Crippen LogP contribution in [0.3, 0.4) is 0 Å². The number of thiophene rings is 1. The average Bonchev–Trinajstić information content (AvgIpc) is 3.00. The summed E-state index contributed by atoms with van der Waals surface area (Å²) in [5, 5.41) is 16.3. The van der Waals surface area contributed by atoms with Crippen LogP contribution in [-0.4, -0.2) is 11.9 Å². The zero-order chi connectivity index (χ0) is 18.0. The molecule has 6 heteroatoms. The second-order valence-electron chi connectivity index (χ2n) is 5.47. The number of anilines is 1. The molecule has 0 spiro atoms. The maximum absolute atomic E-state index is 12.4. The van der Waals surface area contributed by atoms with E-state index in [1.807, 2.05) is 31.2 Å². The van der Waals surface area contributed by atoms with Crippen molar-refractivity contribution in [2.45, 2.75) is 6.92 Å². The Labute approximate surface area is 157 Å². The Morgan fingerprint density at radius 3 is 2.28 bits per heavy atom. The lowest BCUT2D eigenvalue weighted by atomic mass is 10.0. The first-order valence-corrected chi connectivity index (χ1v) is 9.10. The number of carboxylic acids is 1. The summed E-state index contributed by atoms with van der Waals surface area (Å²) in [6, 6.07) is 14.3. The minimum absolute atomic E-state index is 0.000635. The zero-order valence-corrected chi connectivity index (χ0v) is 15.6. The zero-order valence-electron chi connectivity index (χ0n) is 13.2. The molecule has 2 aromatic carbocycles. The SMILES string of the molecule is Cc1ccc(-c2csc(NC(=O)c3ccc(Br)cc3)c2C(=O)[O-])cc1. The van der Waals surface area contributed by atoms with Crippen molar-refractivity contribution in [1.82, 2.24) is 0 Å². The summed E-state index contributed by atoms with van der Waals surface area (Å²) in [6.07, 6.45) is 0. The highest BCUT2D eigenvalue weighted by Crippen LogP contribution is 2.35. The highest BCUT2D eigenvalue weighted by Gasteiger charge is 2.17. The quantitative estimate of drug-likeness (QED) is 0.698. The molecule has 0 fully saturated rings. The van der Waals surface area contributed by atoms with E-state index in [1.54, 1.807) is 29.6 Å². The van der Waals surface area contributed by atoms with Gasteiger partial charge in [0.2, 0.25) is 0 Å². The lowest BCUT2D eigenvalue weighted by Gasteiger charge is -2.10. The van der Waals surface area contributed by atoms with Crippen LogP contribution >= 0.6 is 27.3 Å². The molecule has 0 saturated heterocycles. The summed E-state index contributed by atoms with van der Waals surface area (Å²) in [6.45, 7) is 1.96. The molecule has 0 saturated carbocycles. The first-order chi connectivity index (χ1) is 12.0. The Balaban J connectivity index is 1.94. The lowest BCUT2D eigenvalue weighted by Crippen LogP contribution is -2.24.